The van der Waals surface area contributed by atoms with Crippen molar-refractivity contribution in [1.82, 2.24) is 0 Å². The summed E-state index contributed by atoms with van der Waals surface area (Å²) in [7, 11) is 1.64. The van der Waals surface area contributed by atoms with Gasteiger partial charge in [-0.05, 0) is 25.0 Å². The molecule has 0 radical (unpaired) electrons. The molecule has 2 rings (SSSR count). The van der Waals surface area contributed by atoms with Gasteiger partial charge in [0, 0.05) is 18.3 Å². The maximum Gasteiger partial charge on any atom is 0.120 e. The van der Waals surface area contributed by atoms with Crippen LogP contribution in [0.15, 0.2) is 24.3 Å². The molecule has 4 nitrogen and oxygen atoms in total. The van der Waals surface area contributed by atoms with Gasteiger partial charge in [0.1, 0.15) is 5.75 Å². The molecule has 0 saturated heterocycles. The van der Waals surface area contributed by atoms with E-state index >= 15 is 0 Å². The van der Waals surface area contributed by atoms with Gasteiger partial charge in [-0.25, -0.2) is 0 Å². The largest absolute Gasteiger partial charge is 0.497 e. The molecule has 0 spiro atoms. The van der Waals surface area contributed by atoms with E-state index in [4.69, 9.17) is 9.47 Å². The Kier molecular flexibility index (Phi) is 6.15. The third-order valence-corrected chi connectivity index (χ3v) is 3.69. The first-order valence-electron chi connectivity index (χ1n) is 7.45. The highest BCUT2D eigenvalue weighted by Crippen LogP contribution is 2.20. The molecule has 1 aliphatic carbocycles. The fraction of sp³-hybridized carbons (Fsp3) is 0.625. The third-order valence-electron chi connectivity index (χ3n) is 3.69. The number of aliphatic hydroxyl groups is 1. The Balaban J connectivity index is 1.67. The minimum Gasteiger partial charge on any atom is -0.497 e. The number of rotatable bonds is 7. The summed E-state index contributed by atoms with van der Waals surface area (Å²) in [5, 5.41) is 13.1. The average Bonchev–Trinajstić information content (AvgIpc) is 2.52. The molecule has 0 aliphatic heterocycles. The van der Waals surface area contributed by atoms with Gasteiger partial charge in [0.05, 0.1) is 25.9 Å². The molecule has 1 unspecified atom stereocenters. The molecule has 0 bridgehead atoms. The first-order chi connectivity index (χ1) is 9.78. The molecule has 112 valence electrons. The molecule has 1 aromatic carbocycles. The molecule has 4 heteroatoms. The zero-order chi connectivity index (χ0) is 14.2. The SMILES string of the molecule is COc1cccc(NCC(O)COC2CCCCC2)c1. The summed E-state index contributed by atoms with van der Waals surface area (Å²) in [6.07, 6.45) is 5.95. The monoisotopic (exact) mass is 279 g/mol. The molecule has 0 heterocycles. The first-order valence-corrected chi connectivity index (χ1v) is 7.45. The van der Waals surface area contributed by atoms with Gasteiger partial charge in [0.25, 0.3) is 0 Å². The lowest BCUT2D eigenvalue weighted by atomic mass is 9.98. The Morgan fingerprint density at radius 1 is 1.30 bits per heavy atom. The lowest BCUT2D eigenvalue weighted by Gasteiger charge is -2.23. The van der Waals surface area contributed by atoms with Gasteiger partial charge < -0.3 is 19.9 Å². The van der Waals surface area contributed by atoms with Crippen LogP contribution in [0.3, 0.4) is 0 Å². The number of nitrogens with one attached hydrogen (secondary N) is 1. The number of benzene rings is 1. The molecular weight excluding hydrogens is 254 g/mol. The highest BCUT2D eigenvalue weighted by molar-refractivity contribution is 5.48. The predicted molar refractivity (Wildman–Crippen MR) is 80.3 cm³/mol. The molecule has 2 N–H and O–H groups in total. The number of aliphatic hydroxyl groups excluding tert-OH is 1. The van der Waals surface area contributed by atoms with E-state index < -0.39 is 6.10 Å². The summed E-state index contributed by atoms with van der Waals surface area (Å²) in [6, 6.07) is 7.69. The summed E-state index contributed by atoms with van der Waals surface area (Å²) >= 11 is 0. The van der Waals surface area contributed by atoms with E-state index in [1.165, 1.54) is 19.3 Å². The lowest BCUT2D eigenvalue weighted by Crippen LogP contribution is -2.28. The van der Waals surface area contributed by atoms with E-state index in [9.17, 15) is 5.11 Å². The fourth-order valence-corrected chi connectivity index (χ4v) is 2.51. The van der Waals surface area contributed by atoms with Crippen molar-refractivity contribution in [1.29, 1.82) is 0 Å². The highest BCUT2D eigenvalue weighted by atomic mass is 16.5. The van der Waals surface area contributed by atoms with E-state index in [1.54, 1.807) is 7.11 Å². The molecule has 1 fully saturated rings. The number of methoxy groups -OCH3 is 1. The van der Waals surface area contributed by atoms with Gasteiger partial charge in [0.2, 0.25) is 0 Å². The van der Waals surface area contributed by atoms with E-state index in [2.05, 4.69) is 5.32 Å². The van der Waals surface area contributed by atoms with Crippen molar-refractivity contribution in [2.24, 2.45) is 0 Å². The van der Waals surface area contributed by atoms with E-state index in [0.717, 1.165) is 24.3 Å². The highest BCUT2D eigenvalue weighted by Gasteiger charge is 2.15. The van der Waals surface area contributed by atoms with Crippen LogP contribution < -0.4 is 10.1 Å². The Morgan fingerprint density at radius 2 is 2.10 bits per heavy atom. The van der Waals surface area contributed by atoms with Crippen molar-refractivity contribution in [3.63, 3.8) is 0 Å². The second-order valence-electron chi connectivity index (χ2n) is 5.36. The number of hydrogen-bond acceptors (Lipinski definition) is 4. The van der Waals surface area contributed by atoms with Crippen LogP contribution in [0, 0.1) is 0 Å². The molecule has 1 saturated carbocycles. The summed E-state index contributed by atoms with van der Waals surface area (Å²) in [5.41, 5.74) is 0.945. The fourth-order valence-electron chi connectivity index (χ4n) is 2.51. The lowest BCUT2D eigenvalue weighted by molar-refractivity contribution is -0.0195. The van der Waals surface area contributed by atoms with Crippen molar-refractivity contribution in [2.45, 2.75) is 44.3 Å². The van der Waals surface area contributed by atoms with Crippen molar-refractivity contribution in [2.75, 3.05) is 25.6 Å². The van der Waals surface area contributed by atoms with Crippen molar-refractivity contribution >= 4 is 5.69 Å². The normalized spacial score (nSPS) is 17.7. The Labute approximate surface area is 121 Å². The van der Waals surface area contributed by atoms with E-state index in [1.807, 2.05) is 24.3 Å². The Hall–Kier alpha value is -1.26. The molecule has 0 amide bonds. The van der Waals surface area contributed by atoms with Crippen LogP contribution in [0.5, 0.6) is 5.75 Å². The zero-order valence-electron chi connectivity index (χ0n) is 12.2. The Bertz CT molecular complexity index is 391. The summed E-state index contributed by atoms with van der Waals surface area (Å²) < 4.78 is 10.9. The quantitative estimate of drug-likeness (QED) is 0.806. The van der Waals surface area contributed by atoms with Crippen molar-refractivity contribution in [3.8, 4) is 5.75 Å². The van der Waals surface area contributed by atoms with Crippen LogP contribution in [-0.2, 0) is 4.74 Å². The maximum absolute atomic E-state index is 9.95. The van der Waals surface area contributed by atoms with Gasteiger partial charge >= 0.3 is 0 Å². The van der Waals surface area contributed by atoms with Crippen molar-refractivity contribution < 1.29 is 14.6 Å². The standard InChI is InChI=1S/C16H25NO3/c1-19-16-9-5-6-13(10-16)17-11-14(18)12-20-15-7-3-2-4-8-15/h5-6,9-10,14-15,17-18H,2-4,7-8,11-12H2,1H3. The Morgan fingerprint density at radius 3 is 2.85 bits per heavy atom. The van der Waals surface area contributed by atoms with Crippen molar-refractivity contribution in [3.05, 3.63) is 24.3 Å². The van der Waals surface area contributed by atoms with Crippen LogP contribution in [0.4, 0.5) is 5.69 Å². The number of hydrogen-bond donors (Lipinski definition) is 2. The smallest absolute Gasteiger partial charge is 0.120 e. The molecule has 20 heavy (non-hydrogen) atoms. The van der Waals surface area contributed by atoms with Crippen LogP contribution in [-0.4, -0.2) is 37.6 Å². The van der Waals surface area contributed by atoms with E-state index in [-0.39, 0.29) is 0 Å². The van der Waals surface area contributed by atoms with Gasteiger partial charge in [-0.1, -0.05) is 25.3 Å². The zero-order valence-corrected chi connectivity index (χ0v) is 12.2. The number of anilines is 1. The summed E-state index contributed by atoms with van der Waals surface area (Å²) in [5.74, 6) is 0.808. The minimum absolute atomic E-state index is 0.343. The average molecular weight is 279 g/mol. The second-order valence-corrected chi connectivity index (χ2v) is 5.36. The van der Waals surface area contributed by atoms with Gasteiger partial charge in [0.15, 0.2) is 0 Å². The van der Waals surface area contributed by atoms with Crippen LogP contribution in [0.1, 0.15) is 32.1 Å². The summed E-state index contributed by atoms with van der Waals surface area (Å²) in [4.78, 5) is 0. The maximum atomic E-state index is 9.95. The number of ether oxygens (including phenoxy) is 2. The molecular formula is C16H25NO3. The summed E-state index contributed by atoms with van der Waals surface area (Å²) in [6.45, 7) is 0.890. The third kappa shape index (κ3) is 5.02. The van der Waals surface area contributed by atoms with Crippen LogP contribution in [0.25, 0.3) is 0 Å². The van der Waals surface area contributed by atoms with E-state index in [0.29, 0.717) is 19.3 Å². The molecule has 1 aromatic rings. The molecule has 1 aliphatic rings. The molecule has 0 aromatic heterocycles. The van der Waals surface area contributed by atoms with Gasteiger partial charge in [-0.3, -0.25) is 0 Å². The first kappa shape index (κ1) is 15.1. The minimum atomic E-state index is -0.483. The van der Waals surface area contributed by atoms with Gasteiger partial charge in [-0.2, -0.15) is 0 Å². The van der Waals surface area contributed by atoms with Crippen LogP contribution in [0.2, 0.25) is 0 Å². The topological polar surface area (TPSA) is 50.7 Å². The predicted octanol–water partition coefficient (Wildman–Crippen LogP) is 2.82. The van der Waals surface area contributed by atoms with Gasteiger partial charge in [-0.15, -0.1) is 0 Å². The molecule has 1 atom stereocenters. The second kappa shape index (κ2) is 8.12. The van der Waals surface area contributed by atoms with Crippen LogP contribution >= 0.6 is 0 Å².